The number of aryl methyl sites for hydroxylation is 1. The van der Waals surface area contributed by atoms with Crippen LogP contribution in [0.2, 0.25) is 0 Å². The molecule has 1 unspecified atom stereocenters. The van der Waals surface area contributed by atoms with Gasteiger partial charge in [0.25, 0.3) is 5.91 Å². The predicted octanol–water partition coefficient (Wildman–Crippen LogP) is 2.46. The first-order valence-electron chi connectivity index (χ1n) is 9.84. The van der Waals surface area contributed by atoms with Crippen molar-refractivity contribution in [1.29, 1.82) is 0 Å². The summed E-state index contributed by atoms with van der Waals surface area (Å²) in [7, 11) is 0. The monoisotopic (exact) mass is 381 g/mol. The molecule has 0 bridgehead atoms. The fourth-order valence-electron chi connectivity index (χ4n) is 3.98. The summed E-state index contributed by atoms with van der Waals surface area (Å²) in [4.78, 5) is 28.7. The first-order chi connectivity index (χ1) is 13.4. The van der Waals surface area contributed by atoms with Gasteiger partial charge < -0.3 is 15.0 Å². The maximum atomic E-state index is 12.8. The van der Waals surface area contributed by atoms with Crippen molar-refractivity contribution in [1.82, 2.24) is 20.3 Å². The largest absolute Gasteiger partial charge is 0.378 e. The molecule has 0 radical (unpaired) electrons. The Morgan fingerprint density at radius 2 is 2.04 bits per heavy atom. The highest BCUT2D eigenvalue weighted by molar-refractivity contribution is 5.92. The molecule has 7 nitrogen and oxygen atoms in total. The van der Waals surface area contributed by atoms with E-state index in [1.807, 2.05) is 25.3 Å². The second-order valence-electron chi connectivity index (χ2n) is 8.41. The van der Waals surface area contributed by atoms with E-state index < -0.39 is 0 Å². The summed E-state index contributed by atoms with van der Waals surface area (Å²) in [5, 5.41) is 3.16. The molecular weight excluding hydrogens is 354 g/mol. The van der Waals surface area contributed by atoms with Gasteiger partial charge in [0.05, 0.1) is 24.9 Å². The summed E-state index contributed by atoms with van der Waals surface area (Å²) < 4.78 is 5.43. The molecule has 1 fully saturated rings. The van der Waals surface area contributed by atoms with Gasteiger partial charge in [-0.25, -0.2) is 15.0 Å². The molecule has 2 aliphatic rings. The van der Waals surface area contributed by atoms with Gasteiger partial charge >= 0.3 is 0 Å². The van der Waals surface area contributed by atoms with E-state index in [1.54, 1.807) is 6.07 Å². The molecule has 7 heteroatoms. The van der Waals surface area contributed by atoms with Crippen LogP contribution in [0.3, 0.4) is 0 Å². The molecular formula is C21H27N5O2. The standard InChI is InChI=1S/C21H27N5O2/c1-14-5-4-6-16(23-14)19(27)24-17-11-21(2,3)12-18-15(17)13-22-20(25-18)26-7-9-28-10-8-26/h4-6,13,17H,7-12H2,1-3H3,(H,24,27). The summed E-state index contributed by atoms with van der Waals surface area (Å²) in [5.41, 5.74) is 3.35. The minimum Gasteiger partial charge on any atom is -0.378 e. The third-order valence-corrected chi connectivity index (χ3v) is 5.39. The van der Waals surface area contributed by atoms with Crippen molar-refractivity contribution in [2.45, 2.75) is 39.7 Å². The number of rotatable bonds is 3. The maximum absolute atomic E-state index is 12.8. The van der Waals surface area contributed by atoms with E-state index in [-0.39, 0.29) is 17.4 Å². The topological polar surface area (TPSA) is 80.2 Å². The lowest BCUT2D eigenvalue weighted by Gasteiger charge is -2.37. The van der Waals surface area contributed by atoms with Gasteiger partial charge in [0.1, 0.15) is 5.69 Å². The summed E-state index contributed by atoms with van der Waals surface area (Å²) in [6.45, 7) is 9.34. The predicted molar refractivity (Wildman–Crippen MR) is 106 cm³/mol. The molecule has 1 aliphatic heterocycles. The third-order valence-electron chi connectivity index (χ3n) is 5.39. The van der Waals surface area contributed by atoms with E-state index in [0.29, 0.717) is 18.9 Å². The zero-order valence-electron chi connectivity index (χ0n) is 16.7. The number of morpholine rings is 1. The van der Waals surface area contributed by atoms with E-state index in [2.05, 4.69) is 34.0 Å². The van der Waals surface area contributed by atoms with Crippen molar-refractivity contribution < 1.29 is 9.53 Å². The fraction of sp³-hybridized carbons (Fsp3) is 0.524. The van der Waals surface area contributed by atoms with Crippen LogP contribution in [-0.4, -0.2) is 47.2 Å². The Labute approximate surface area is 165 Å². The van der Waals surface area contributed by atoms with Gasteiger partial charge in [-0.2, -0.15) is 0 Å². The minimum atomic E-state index is -0.158. The van der Waals surface area contributed by atoms with E-state index in [1.165, 1.54) is 0 Å². The average molecular weight is 381 g/mol. The van der Waals surface area contributed by atoms with Gasteiger partial charge in [-0.05, 0) is 37.3 Å². The quantitative estimate of drug-likeness (QED) is 0.880. The Morgan fingerprint density at radius 1 is 1.25 bits per heavy atom. The number of nitrogens with one attached hydrogen (secondary N) is 1. The van der Waals surface area contributed by atoms with Crippen molar-refractivity contribution in [3.63, 3.8) is 0 Å². The molecule has 148 valence electrons. The zero-order chi connectivity index (χ0) is 19.7. The normalized spacial score (nSPS) is 21.1. The van der Waals surface area contributed by atoms with E-state index in [0.717, 1.165) is 48.8 Å². The number of carbonyl (C=O) groups excluding carboxylic acids is 1. The Morgan fingerprint density at radius 3 is 2.79 bits per heavy atom. The Balaban J connectivity index is 1.60. The number of nitrogens with zero attached hydrogens (tertiary/aromatic N) is 4. The number of amides is 1. The van der Waals surface area contributed by atoms with Crippen LogP contribution in [0.5, 0.6) is 0 Å². The number of fused-ring (bicyclic) bond motifs is 1. The molecule has 2 aromatic rings. The molecule has 3 heterocycles. The van der Waals surface area contributed by atoms with Crippen LogP contribution in [-0.2, 0) is 11.2 Å². The van der Waals surface area contributed by atoms with Gasteiger partial charge in [0, 0.05) is 30.5 Å². The smallest absolute Gasteiger partial charge is 0.270 e. The average Bonchev–Trinajstić information content (AvgIpc) is 2.67. The van der Waals surface area contributed by atoms with E-state index in [4.69, 9.17) is 9.72 Å². The third kappa shape index (κ3) is 3.99. The molecule has 1 aliphatic carbocycles. The van der Waals surface area contributed by atoms with Crippen molar-refractivity contribution >= 4 is 11.9 Å². The number of carbonyl (C=O) groups is 1. The minimum absolute atomic E-state index is 0.0433. The molecule has 0 saturated carbocycles. The van der Waals surface area contributed by atoms with Crippen LogP contribution in [0.1, 0.15) is 53.7 Å². The number of ether oxygens (including phenoxy) is 1. The van der Waals surface area contributed by atoms with Gasteiger partial charge in [-0.1, -0.05) is 19.9 Å². The number of pyridine rings is 1. The molecule has 4 rings (SSSR count). The van der Waals surface area contributed by atoms with Gasteiger partial charge in [-0.3, -0.25) is 4.79 Å². The summed E-state index contributed by atoms with van der Waals surface area (Å²) >= 11 is 0. The first kappa shape index (κ1) is 18.8. The second-order valence-corrected chi connectivity index (χ2v) is 8.41. The molecule has 1 amide bonds. The highest BCUT2D eigenvalue weighted by Gasteiger charge is 2.35. The maximum Gasteiger partial charge on any atom is 0.270 e. The molecule has 2 aromatic heterocycles. The zero-order valence-corrected chi connectivity index (χ0v) is 16.7. The Kier molecular flexibility index (Phi) is 5.02. The van der Waals surface area contributed by atoms with E-state index >= 15 is 0 Å². The molecule has 1 atom stereocenters. The Hall–Kier alpha value is -2.54. The summed E-state index contributed by atoms with van der Waals surface area (Å²) in [5.74, 6) is 0.597. The molecule has 1 N–H and O–H groups in total. The number of hydrogen-bond acceptors (Lipinski definition) is 6. The molecule has 0 aromatic carbocycles. The number of anilines is 1. The fourth-order valence-corrected chi connectivity index (χ4v) is 3.98. The Bertz CT molecular complexity index is 877. The SMILES string of the molecule is Cc1cccc(C(=O)NC2CC(C)(C)Cc3nc(N4CCOCC4)ncc32)n1. The van der Waals surface area contributed by atoms with Crippen LogP contribution in [0.25, 0.3) is 0 Å². The number of hydrogen-bond donors (Lipinski definition) is 1. The second kappa shape index (κ2) is 7.47. The molecule has 1 saturated heterocycles. The van der Waals surface area contributed by atoms with Crippen molar-refractivity contribution in [2.24, 2.45) is 5.41 Å². The highest BCUT2D eigenvalue weighted by atomic mass is 16.5. The van der Waals surface area contributed by atoms with Crippen molar-refractivity contribution in [3.05, 3.63) is 47.0 Å². The lowest BCUT2D eigenvalue weighted by molar-refractivity contribution is 0.0913. The van der Waals surface area contributed by atoms with Gasteiger partial charge in [-0.15, -0.1) is 0 Å². The van der Waals surface area contributed by atoms with Crippen molar-refractivity contribution in [2.75, 3.05) is 31.2 Å². The lowest BCUT2D eigenvalue weighted by atomic mass is 9.74. The summed E-state index contributed by atoms with van der Waals surface area (Å²) in [6.07, 6.45) is 3.60. The van der Waals surface area contributed by atoms with Crippen LogP contribution in [0.15, 0.2) is 24.4 Å². The number of aromatic nitrogens is 3. The van der Waals surface area contributed by atoms with Crippen LogP contribution < -0.4 is 10.2 Å². The van der Waals surface area contributed by atoms with Crippen LogP contribution >= 0.6 is 0 Å². The van der Waals surface area contributed by atoms with Crippen LogP contribution in [0.4, 0.5) is 5.95 Å². The summed E-state index contributed by atoms with van der Waals surface area (Å²) in [6, 6.07) is 5.37. The van der Waals surface area contributed by atoms with Crippen LogP contribution in [0, 0.1) is 12.3 Å². The van der Waals surface area contributed by atoms with E-state index in [9.17, 15) is 4.79 Å². The lowest BCUT2D eigenvalue weighted by Crippen LogP contribution is -2.40. The molecule has 28 heavy (non-hydrogen) atoms. The van der Waals surface area contributed by atoms with Crippen molar-refractivity contribution in [3.8, 4) is 0 Å². The highest BCUT2D eigenvalue weighted by Crippen LogP contribution is 2.40. The molecule has 0 spiro atoms. The van der Waals surface area contributed by atoms with Gasteiger partial charge in [0.2, 0.25) is 5.95 Å². The first-order valence-corrected chi connectivity index (χ1v) is 9.84. The van der Waals surface area contributed by atoms with Gasteiger partial charge in [0.15, 0.2) is 0 Å².